The minimum absolute atomic E-state index is 0.135. The standard InChI is InChI=1S/C12H15ClN4/c1-17-8-9(7-16-17)4-5-11(14)12-10(13)3-2-6-15-12/h2-3,6-8,11H,4-5,14H2,1H3. The minimum atomic E-state index is -0.135. The second kappa shape index (κ2) is 5.29. The number of pyridine rings is 1. The van der Waals surface area contributed by atoms with Crippen LogP contribution in [0.1, 0.15) is 23.7 Å². The number of halogens is 1. The van der Waals surface area contributed by atoms with Crippen molar-refractivity contribution in [3.63, 3.8) is 0 Å². The lowest BCUT2D eigenvalue weighted by Gasteiger charge is -2.11. The fraction of sp³-hybridized carbons (Fsp3) is 0.333. The van der Waals surface area contributed by atoms with Crippen molar-refractivity contribution >= 4 is 11.6 Å². The molecule has 0 saturated carbocycles. The van der Waals surface area contributed by atoms with Crippen LogP contribution in [0.3, 0.4) is 0 Å². The van der Waals surface area contributed by atoms with E-state index < -0.39 is 0 Å². The van der Waals surface area contributed by atoms with Gasteiger partial charge < -0.3 is 5.73 Å². The Morgan fingerprint density at radius 1 is 1.53 bits per heavy atom. The first-order valence-corrected chi connectivity index (χ1v) is 5.88. The van der Waals surface area contributed by atoms with Crippen LogP contribution < -0.4 is 5.73 Å². The van der Waals surface area contributed by atoms with Gasteiger partial charge in [-0.2, -0.15) is 5.10 Å². The highest BCUT2D eigenvalue weighted by Crippen LogP contribution is 2.21. The molecule has 0 radical (unpaired) electrons. The van der Waals surface area contributed by atoms with Crippen molar-refractivity contribution < 1.29 is 0 Å². The Morgan fingerprint density at radius 2 is 2.35 bits per heavy atom. The van der Waals surface area contributed by atoms with E-state index in [1.54, 1.807) is 16.9 Å². The molecule has 2 aromatic heterocycles. The molecule has 5 heteroatoms. The van der Waals surface area contributed by atoms with E-state index in [1.165, 1.54) is 5.56 Å². The monoisotopic (exact) mass is 250 g/mol. The maximum absolute atomic E-state index is 6.08. The molecular weight excluding hydrogens is 236 g/mol. The molecule has 0 aliphatic carbocycles. The predicted molar refractivity (Wildman–Crippen MR) is 67.7 cm³/mol. The smallest absolute Gasteiger partial charge is 0.0756 e. The summed E-state index contributed by atoms with van der Waals surface area (Å²) in [6.07, 6.45) is 7.25. The summed E-state index contributed by atoms with van der Waals surface area (Å²) >= 11 is 6.05. The van der Waals surface area contributed by atoms with Crippen LogP contribution in [0.15, 0.2) is 30.7 Å². The first-order chi connectivity index (χ1) is 8.16. The molecule has 2 N–H and O–H groups in total. The van der Waals surface area contributed by atoms with Gasteiger partial charge in [0.2, 0.25) is 0 Å². The molecule has 0 aromatic carbocycles. The highest BCUT2D eigenvalue weighted by molar-refractivity contribution is 6.31. The average molecular weight is 251 g/mol. The van der Waals surface area contributed by atoms with Crippen LogP contribution >= 0.6 is 11.6 Å². The summed E-state index contributed by atoms with van der Waals surface area (Å²) in [6, 6.07) is 3.48. The van der Waals surface area contributed by atoms with Crippen molar-refractivity contribution in [3.8, 4) is 0 Å². The fourth-order valence-electron chi connectivity index (χ4n) is 1.73. The molecule has 0 bridgehead atoms. The summed E-state index contributed by atoms with van der Waals surface area (Å²) in [7, 11) is 1.90. The summed E-state index contributed by atoms with van der Waals surface area (Å²) in [4.78, 5) is 4.22. The van der Waals surface area contributed by atoms with Gasteiger partial charge in [0.1, 0.15) is 0 Å². The van der Waals surface area contributed by atoms with Crippen LogP contribution in [0.4, 0.5) is 0 Å². The zero-order valence-electron chi connectivity index (χ0n) is 9.68. The molecule has 1 unspecified atom stereocenters. The third kappa shape index (κ3) is 3.05. The van der Waals surface area contributed by atoms with Gasteiger partial charge in [-0.3, -0.25) is 9.67 Å². The molecule has 0 aliphatic heterocycles. The molecule has 0 fully saturated rings. The van der Waals surface area contributed by atoms with E-state index in [2.05, 4.69) is 10.1 Å². The van der Waals surface area contributed by atoms with E-state index in [1.807, 2.05) is 25.5 Å². The quantitative estimate of drug-likeness (QED) is 0.904. The van der Waals surface area contributed by atoms with E-state index in [0.29, 0.717) is 5.02 Å². The van der Waals surface area contributed by atoms with Gasteiger partial charge in [-0.1, -0.05) is 11.6 Å². The lowest BCUT2D eigenvalue weighted by atomic mass is 10.1. The number of aromatic nitrogens is 3. The van der Waals surface area contributed by atoms with E-state index in [0.717, 1.165) is 18.5 Å². The van der Waals surface area contributed by atoms with Crippen LogP contribution in [0.25, 0.3) is 0 Å². The van der Waals surface area contributed by atoms with Gasteiger partial charge in [-0.25, -0.2) is 0 Å². The van der Waals surface area contributed by atoms with Gasteiger partial charge in [0.05, 0.1) is 16.9 Å². The predicted octanol–water partition coefficient (Wildman–Crippen LogP) is 2.10. The van der Waals surface area contributed by atoms with Crippen molar-refractivity contribution in [3.05, 3.63) is 47.0 Å². The summed E-state index contributed by atoms with van der Waals surface area (Å²) in [5.74, 6) is 0. The highest BCUT2D eigenvalue weighted by Gasteiger charge is 2.11. The minimum Gasteiger partial charge on any atom is -0.323 e. The van der Waals surface area contributed by atoms with Gasteiger partial charge in [0, 0.05) is 25.5 Å². The lowest BCUT2D eigenvalue weighted by molar-refractivity contribution is 0.633. The van der Waals surface area contributed by atoms with Gasteiger partial charge in [-0.15, -0.1) is 0 Å². The van der Waals surface area contributed by atoms with Gasteiger partial charge >= 0.3 is 0 Å². The molecule has 17 heavy (non-hydrogen) atoms. The molecule has 0 saturated heterocycles. The maximum atomic E-state index is 6.08. The van der Waals surface area contributed by atoms with Gasteiger partial charge in [0.15, 0.2) is 0 Å². The van der Waals surface area contributed by atoms with Gasteiger partial charge in [0.25, 0.3) is 0 Å². The van der Waals surface area contributed by atoms with Crippen LogP contribution in [0.2, 0.25) is 5.02 Å². The third-order valence-electron chi connectivity index (χ3n) is 2.64. The third-order valence-corrected chi connectivity index (χ3v) is 2.96. The Hall–Kier alpha value is -1.39. The second-order valence-electron chi connectivity index (χ2n) is 4.04. The van der Waals surface area contributed by atoms with Crippen molar-refractivity contribution in [2.24, 2.45) is 12.8 Å². The lowest BCUT2D eigenvalue weighted by Crippen LogP contribution is -2.13. The normalized spacial score (nSPS) is 12.6. The van der Waals surface area contributed by atoms with E-state index in [4.69, 9.17) is 17.3 Å². The highest BCUT2D eigenvalue weighted by atomic mass is 35.5. The van der Waals surface area contributed by atoms with E-state index >= 15 is 0 Å². The number of nitrogens with two attached hydrogens (primary N) is 1. The molecule has 0 aliphatic rings. The van der Waals surface area contributed by atoms with Crippen LogP contribution in [-0.4, -0.2) is 14.8 Å². The van der Waals surface area contributed by atoms with Crippen molar-refractivity contribution in [1.82, 2.24) is 14.8 Å². The average Bonchev–Trinajstić information content (AvgIpc) is 2.73. The molecule has 0 spiro atoms. The zero-order chi connectivity index (χ0) is 12.3. The summed E-state index contributed by atoms with van der Waals surface area (Å²) in [5, 5.41) is 4.75. The zero-order valence-corrected chi connectivity index (χ0v) is 10.4. The van der Waals surface area contributed by atoms with E-state index in [9.17, 15) is 0 Å². The van der Waals surface area contributed by atoms with Crippen LogP contribution in [-0.2, 0) is 13.5 Å². The second-order valence-corrected chi connectivity index (χ2v) is 4.45. The molecular formula is C12H15ClN4. The summed E-state index contributed by atoms with van der Waals surface area (Å²) in [5.41, 5.74) is 8.01. The fourth-order valence-corrected chi connectivity index (χ4v) is 1.99. The largest absolute Gasteiger partial charge is 0.323 e. The Bertz CT molecular complexity index is 495. The summed E-state index contributed by atoms with van der Waals surface area (Å²) in [6.45, 7) is 0. The van der Waals surface area contributed by atoms with Crippen molar-refractivity contribution in [1.29, 1.82) is 0 Å². The first kappa shape index (κ1) is 12.1. The molecule has 90 valence electrons. The Morgan fingerprint density at radius 3 is 3.00 bits per heavy atom. The molecule has 2 rings (SSSR count). The first-order valence-electron chi connectivity index (χ1n) is 5.50. The number of aryl methyl sites for hydroxylation is 2. The Balaban J connectivity index is 1.98. The van der Waals surface area contributed by atoms with Gasteiger partial charge in [-0.05, 0) is 30.5 Å². The van der Waals surface area contributed by atoms with Crippen molar-refractivity contribution in [2.45, 2.75) is 18.9 Å². The molecule has 1 atom stereocenters. The molecule has 4 nitrogen and oxygen atoms in total. The number of rotatable bonds is 4. The topological polar surface area (TPSA) is 56.7 Å². The maximum Gasteiger partial charge on any atom is 0.0756 e. The van der Waals surface area contributed by atoms with E-state index in [-0.39, 0.29) is 6.04 Å². The van der Waals surface area contributed by atoms with Crippen LogP contribution in [0, 0.1) is 0 Å². The summed E-state index contributed by atoms with van der Waals surface area (Å²) < 4.78 is 1.79. The number of hydrogen-bond donors (Lipinski definition) is 1. The van der Waals surface area contributed by atoms with Crippen molar-refractivity contribution in [2.75, 3.05) is 0 Å². The number of hydrogen-bond acceptors (Lipinski definition) is 3. The SMILES string of the molecule is Cn1cc(CCC(N)c2ncccc2Cl)cn1. The molecule has 2 heterocycles. The molecule has 2 aromatic rings. The molecule has 0 amide bonds. The Labute approximate surface area is 105 Å². The number of nitrogens with zero attached hydrogens (tertiary/aromatic N) is 3. The van der Waals surface area contributed by atoms with Crippen LogP contribution in [0.5, 0.6) is 0 Å². The Kier molecular flexibility index (Phi) is 3.76.